The fraction of sp³-hybridized carbons (Fsp3) is 0.235. The summed E-state index contributed by atoms with van der Waals surface area (Å²) in [7, 11) is 0. The molecule has 0 amide bonds. The highest BCUT2D eigenvalue weighted by molar-refractivity contribution is 5.79. The molecule has 4 heteroatoms. The molecule has 0 N–H and O–H groups in total. The van der Waals surface area contributed by atoms with Crippen molar-refractivity contribution in [3.63, 3.8) is 0 Å². The minimum Gasteiger partial charge on any atom is -0.261 e. The molecular formula is C17H18N4. The highest BCUT2D eigenvalue weighted by atomic mass is 15.2. The largest absolute Gasteiger partial charge is 0.261 e. The molecule has 0 aliphatic carbocycles. The van der Waals surface area contributed by atoms with E-state index in [1.54, 1.807) is 0 Å². The van der Waals surface area contributed by atoms with Crippen LogP contribution < -0.4 is 0 Å². The molecule has 3 heterocycles. The van der Waals surface area contributed by atoms with Gasteiger partial charge in [-0.15, -0.1) is 0 Å². The number of pyridine rings is 1. The molecule has 4 nitrogen and oxygen atoms in total. The minimum atomic E-state index is 0.908. The van der Waals surface area contributed by atoms with Gasteiger partial charge >= 0.3 is 0 Å². The van der Waals surface area contributed by atoms with E-state index in [9.17, 15) is 0 Å². The quantitative estimate of drug-likeness (QED) is 0.720. The van der Waals surface area contributed by atoms with Gasteiger partial charge in [-0.3, -0.25) is 4.98 Å². The Bertz CT molecular complexity index is 843. The zero-order chi connectivity index (χ0) is 15.0. The topological polar surface area (TPSA) is 43.1 Å². The molecule has 3 rings (SSSR count). The van der Waals surface area contributed by atoms with E-state index >= 15 is 0 Å². The summed E-state index contributed by atoms with van der Waals surface area (Å²) in [6.45, 7) is 8.14. The van der Waals surface area contributed by atoms with Crippen molar-refractivity contribution >= 4 is 11.2 Å². The number of rotatable bonds is 2. The van der Waals surface area contributed by atoms with Crippen LogP contribution in [0, 0.1) is 20.8 Å². The molecule has 0 unspecified atom stereocenters. The van der Waals surface area contributed by atoms with E-state index in [0.29, 0.717) is 0 Å². The van der Waals surface area contributed by atoms with Crippen molar-refractivity contribution in [2.75, 3.05) is 0 Å². The standard InChI is InChI=1S/C17H18N4/c1-5-14(15-7-6-8-18-13(15)4)16-9-12(3)21-17(20-16)11(2)10-19-21/h5-10H,1-4H3/b14-5+. The van der Waals surface area contributed by atoms with Gasteiger partial charge in [-0.2, -0.15) is 5.10 Å². The molecule has 0 aliphatic heterocycles. The van der Waals surface area contributed by atoms with Crippen LogP contribution in [-0.2, 0) is 0 Å². The highest BCUT2D eigenvalue weighted by Gasteiger charge is 2.12. The van der Waals surface area contributed by atoms with E-state index < -0.39 is 0 Å². The van der Waals surface area contributed by atoms with Crippen LogP contribution in [0.1, 0.15) is 35.1 Å². The number of nitrogens with zero attached hydrogens (tertiary/aromatic N) is 4. The molecule has 0 spiro atoms. The van der Waals surface area contributed by atoms with Crippen molar-refractivity contribution in [1.82, 2.24) is 19.6 Å². The maximum Gasteiger partial charge on any atom is 0.158 e. The molecular weight excluding hydrogens is 260 g/mol. The molecule has 0 saturated heterocycles. The van der Waals surface area contributed by atoms with Crippen molar-refractivity contribution in [3.8, 4) is 0 Å². The van der Waals surface area contributed by atoms with E-state index in [4.69, 9.17) is 4.98 Å². The molecule has 0 aliphatic rings. The normalized spacial score (nSPS) is 12.1. The average molecular weight is 278 g/mol. The van der Waals surface area contributed by atoms with Crippen LogP contribution in [0.5, 0.6) is 0 Å². The lowest BCUT2D eigenvalue weighted by molar-refractivity contribution is 0.891. The second-order valence-corrected chi connectivity index (χ2v) is 5.18. The van der Waals surface area contributed by atoms with Gasteiger partial charge in [0.15, 0.2) is 5.65 Å². The summed E-state index contributed by atoms with van der Waals surface area (Å²) in [4.78, 5) is 9.17. The Morgan fingerprint density at radius 2 is 2.05 bits per heavy atom. The number of aryl methyl sites for hydroxylation is 3. The van der Waals surface area contributed by atoms with Crippen LogP contribution in [0.25, 0.3) is 11.2 Å². The van der Waals surface area contributed by atoms with Crippen LogP contribution in [-0.4, -0.2) is 19.6 Å². The van der Waals surface area contributed by atoms with Gasteiger partial charge in [0.2, 0.25) is 0 Å². The van der Waals surface area contributed by atoms with Gasteiger partial charge in [0.25, 0.3) is 0 Å². The van der Waals surface area contributed by atoms with Crippen molar-refractivity contribution in [2.24, 2.45) is 0 Å². The summed E-state index contributed by atoms with van der Waals surface area (Å²) in [5, 5.41) is 4.36. The third-order valence-electron chi connectivity index (χ3n) is 3.69. The first-order chi connectivity index (χ1) is 10.1. The maximum absolute atomic E-state index is 4.79. The zero-order valence-electron chi connectivity index (χ0n) is 12.8. The summed E-state index contributed by atoms with van der Waals surface area (Å²) < 4.78 is 1.88. The van der Waals surface area contributed by atoms with E-state index in [2.05, 4.69) is 28.3 Å². The maximum atomic E-state index is 4.79. The Labute approximate surface area is 124 Å². The van der Waals surface area contributed by atoms with E-state index in [1.807, 2.05) is 50.7 Å². The number of fused-ring (bicyclic) bond motifs is 1. The number of hydrogen-bond acceptors (Lipinski definition) is 3. The monoisotopic (exact) mass is 278 g/mol. The Kier molecular flexibility index (Phi) is 3.29. The van der Waals surface area contributed by atoms with Gasteiger partial charge in [-0.1, -0.05) is 12.1 Å². The molecule has 3 aromatic rings. The van der Waals surface area contributed by atoms with Gasteiger partial charge in [-0.25, -0.2) is 9.50 Å². The Morgan fingerprint density at radius 1 is 1.24 bits per heavy atom. The molecule has 0 fully saturated rings. The first-order valence-corrected chi connectivity index (χ1v) is 7.02. The van der Waals surface area contributed by atoms with E-state index in [0.717, 1.165) is 39.4 Å². The Hall–Kier alpha value is -2.49. The molecule has 3 aromatic heterocycles. The Balaban J connectivity index is 2.23. The van der Waals surface area contributed by atoms with E-state index in [-0.39, 0.29) is 0 Å². The van der Waals surface area contributed by atoms with Crippen LogP contribution in [0.4, 0.5) is 0 Å². The summed E-state index contributed by atoms with van der Waals surface area (Å²) >= 11 is 0. The first-order valence-electron chi connectivity index (χ1n) is 7.02. The van der Waals surface area contributed by atoms with Crippen molar-refractivity contribution in [1.29, 1.82) is 0 Å². The molecule has 0 bridgehead atoms. The van der Waals surface area contributed by atoms with Crippen molar-refractivity contribution in [2.45, 2.75) is 27.7 Å². The highest BCUT2D eigenvalue weighted by Crippen LogP contribution is 2.25. The zero-order valence-corrected chi connectivity index (χ0v) is 12.8. The second-order valence-electron chi connectivity index (χ2n) is 5.18. The summed E-state index contributed by atoms with van der Waals surface area (Å²) in [6, 6.07) is 6.12. The predicted octanol–water partition coefficient (Wildman–Crippen LogP) is 3.50. The number of aromatic nitrogens is 4. The van der Waals surface area contributed by atoms with Crippen LogP contribution in [0.15, 0.2) is 36.7 Å². The van der Waals surface area contributed by atoms with E-state index in [1.165, 1.54) is 0 Å². The second kappa shape index (κ2) is 5.13. The molecule has 0 saturated carbocycles. The summed E-state index contributed by atoms with van der Waals surface area (Å²) in [6.07, 6.45) is 5.76. The molecule has 0 aromatic carbocycles. The first kappa shape index (κ1) is 13.5. The third-order valence-corrected chi connectivity index (χ3v) is 3.69. The summed E-state index contributed by atoms with van der Waals surface area (Å²) in [5.41, 5.74) is 7.26. The van der Waals surface area contributed by atoms with Crippen LogP contribution in [0.3, 0.4) is 0 Å². The summed E-state index contributed by atoms with van der Waals surface area (Å²) in [5.74, 6) is 0. The number of allylic oxidation sites excluding steroid dienone is 1. The fourth-order valence-corrected chi connectivity index (χ4v) is 2.57. The van der Waals surface area contributed by atoms with Gasteiger partial charge in [0.05, 0.1) is 11.9 Å². The van der Waals surface area contributed by atoms with Crippen LogP contribution in [0.2, 0.25) is 0 Å². The van der Waals surface area contributed by atoms with Gasteiger partial charge in [-0.05, 0) is 39.8 Å². The number of hydrogen-bond donors (Lipinski definition) is 0. The van der Waals surface area contributed by atoms with Gasteiger partial charge < -0.3 is 0 Å². The lowest BCUT2D eigenvalue weighted by Crippen LogP contribution is -2.02. The fourth-order valence-electron chi connectivity index (χ4n) is 2.57. The Morgan fingerprint density at radius 3 is 2.76 bits per heavy atom. The SMILES string of the molecule is C/C=C(/c1cc(C)n2ncc(C)c2n1)c1cccnc1C. The lowest BCUT2D eigenvalue weighted by atomic mass is 10.0. The van der Waals surface area contributed by atoms with Crippen molar-refractivity contribution in [3.05, 3.63) is 64.9 Å². The molecule has 21 heavy (non-hydrogen) atoms. The minimum absolute atomic E-state index is 0.908. The average Bonchev–Trinajstić information content (AvgIpc) is 2.84. The lowest BCUT2D eigenvalue weighted by Gasteiger charge is -2.11. The predicted molar refractivity (Wildman–Crippen MR) is 84.2 cm³/mol. The third kappa shape index (κ3) is 2.23. The molecule has 0 atom stereocenters. The molecule has 0 radical (unpaired) electrons. The molecule has 106 valence electrons. The smallest absolute Gasteiger partial charge is 0.158 e. The van der Waals surface area contributed by atoms with Gasteiger partial charge in [0, 0.05) is 34.3 Å². The van der Waals surface area contributed by atoms with Crippen molar-refractivity contribution < 1.29 is 0 Å². The van der Waals surface area contributed by atoms with Gasteiger partial charge in [0.1, 0.15) is 0 Å². The van der Waals surface area contributed by atoms with Crippen LogP contribution >= 0.6 is 0 Å².